The third kappa shape index (κ3) is 5.95. The van der Waals surface area contributed by atoms with Crippen LogP contribution in [-0.2, 0) is 6.42 Å². The van der Waals surface area contributed by atoms with Gasteiger partial charge in [-0.1, -0.05) is 30.7 Å². The first-order valence-electron chi connectivity index (χ1n) is 7.04. The van der Waals surface area contributed by atoms with Crippen LogP contribution in [0.3, 0.4) is 0 Å². The second-order valence-electron chi connectivity index (χ2n) is 4.80. The summed E-state index contributed by atoms with van der Waals surface area (Å²) in [6, 6.07) is 13.0. The molecule has 2 aromatic rings. The van der Waals surface area contributed by atoms with Gasteiger partial charge in [0, 0.05) is 26.0 Å². The molecule has 0 spiro atoms. The summed E-state index contributed by atoms with van der Waals surface area (Å²) in [7, 11) is 0. The highest BCUT2D eigenvalue weighted by Gasteiger charge is 2.12. The monoisotopic (exact) mass is 403 g/mol. The van der Waals surface area contributed by atoms with E-state index < -0.39 is 0 Å². The molecule has 114 valence electrons. The van der Waals surface area contributed by atoms with E-state index in [-0.39, 0.29) is 0 Å². The lowest BCUT2D eigenvalue weighted by atomic mass is 10.2. The maximum Gasteiger partial charge on any atom is 0.0931 e. The number of hydrogen-bond acceptors (Lipinski definition) is 3. The standard InChI is InChI=1S/C16H19BrClNS2/c1-2-9-19-12(10-13-7-8-16(18)21-13)11-20-15-6-4-3-5-14(15)17/h3-8,12,19H,2,9-11H2,1H3. The molecule has 5 heteroatoms. The molecular formula is C16H19BrClNS2. The van der Waals surface area contributed by atoms with E-state index in [0.717, 1.165) is 29.5 Å². The van der Waals surface area contributed by atoms with Crippen molar-refractivity contribution in [2.45, 2.75) is 30.7 Å². The van der Waals surface area contributed by atoms with Gasteiger partial charge in [-0.2, -0.15) is 0 Å². The molecule has 0 saturated carbocycles. The van der Waals surface area contributed by atoms with Gasteiger partial charge in [0.05, 0.1) is 4.34 Å². The van der Waals surface area contributed by atoms with Crippen molar-refractivity contribution in [1.82, 2.24) is 5.32 Å². The summed E-state index contributed by atoms with van der Waals surface area (Å²) in [6.45, 7) is 3.26. The van der Waals surface area contributed by atoms with Gasteiger partial charge in [-0.15, -0.1) is 23.1 Å². The summed E-state index contributed by atoms with van der Waals surface area (Å²) in [5, 5.41) is 3.64. The molecule has 2 rings (SSSR count). The van der Waals surface area contributed by atoms with E-state index >= 15 is 0 Å². The Labute approximate surface area is 148 Å². The van der Waals surface area contributed by atoms with E-state index in [0.29, 0.717) is 6.04 Å². The fraction of sp³-hybridized carbons (Fsp3) is 0.375. The number of nitrogens with one attached hydrogen (secondary N) is 1. The van der Waals surface area contributed by atoms with Gasteiger partial charge in [-0.05, 0) is 59.6 Å². The zero-order chi connectivity index (χ0) is 15.1. The zero-order valence-corrected chi connectivity index (χ0v) is 15.9. The van der Waals surface area contributed by atoms with Crippen LogP contribution in [-0.4, -0.2) is 18.3 Å². The Morgan fingerprint density at radius 3 is 2.76 bits per heavy atom. The summed E-state index contributed by atoms with van der Waals surface area (Å²) in [4.78, 5) is 2.64. The van der Waals surface area contributed by atoms with E-state index in [2.05, 4.69) is 58.5 Å². The van der Waals surface area contributed by atoms with E-state index in [1.165, 1.54) is 14.2 Å². The first kappa shape index (κ1) is 17.4. The Balaban J connectivity index is 1.94. The van der Waals surface area contributed by atoms with Gasteiger partial charge in [-0.25, -0.2) is 0 Å². The van der Waals surface area contributed by atoms with Gasteiger partial charge in [0.2, 0.25) is 0 Å². The average molecular weight is 405 g/mol. The van der Waals surface area contributed by atoms with Gasteiger partial charge in [0.15, 0.2) is 0 Å². The Hall–Kier alpha value is -0.0000000000000000278. The van der Waals surface area contributed by atoms with Crippen molar-refractivity contribution in [1.29, 1.82) is 0 Å². The minimum absolute atomic E-state index is 0.469. The molecule has 1 nitrogen and oxygen atoms in total. The minimum atomic E-state index is 0.469. The Morgan fingerprint density at radius 1 is 1.29 bits per heavy atom. The molecule has 0 radical (unpaired) electrons. The molecule has 0 aliphatic heterocycles. The fourth-order valence-corrected chi connectivity index (χ4v) is 4.79. The fourth-order valence-electron chi connectivity index (χ4n) is 1.99. The van der Waals surface area contributed by atoms with Crippen molar-refractivity contribution in [3.8, 4) is 0 Å². The molecule has 1 unspecified atom stereocenters. The van der Waals surface area contributed by atoms with Crippen molar-refractivity contribution >= 4 is 50.6 Å². The molecule has 0 saturated heterocycles. The summed E-state index contributed by atoms with van der Waals surface area (Å²) >= 11 is 13.2. The Morgan fingerprint density at radius 2 is 2.10 bits per heavy atom. The topological polar surface area (TPSA) is 12.0 Å². The van der Waals surface area contributed by atoms with Crippen molar-refractivity contribution in [3.05, 3.63) is 50.1 Å². The highest BCUT2D eigenvalue weighted by molar-refractivity contribution is 9.10. The maximum absolute atomic E-state index is 6.03. The predicted octanol–water partition coefficient (Wildman–Crippen LogP) is 5.87. The normalized spacial score (nSPS) is 12.5. The van der Waals surface area contributed by atoms with Gasteiger partial charge in [-0.3, -0.25) is 0 Å². The molecule has 1 heterocycles. The van der Waals surface area contributed by atoms with Crippen molar-refractivity contribution in [2.75, 3.05) is 12.3 Å². The third-order valence-corrected chi connectivity index (χ3v) is 6.48. The van der Waals surface area contributed by atoms with Crippen LogP contribution in [0, 0.1) is 0 Å². The molecule has 1 atom stereocenters. The first-order valence-corrected chi connectivity index (χ1v) is 10.0. The molecule has 1 aromatic carbocycles. The van der Waals surface area contributed by atoms with Crippen LogP contribution in [0.2, 0.25) is 4.34 Å². The van der Waals surface area contributed by atoms with Crippen LogP contribution in [0.15, 0.2) is 45.8 Å². The summed E-state index contributed by atoms with van der Waals surface area (Å²) in [5.74, 6) is 1.05. The first-order chi connectivity index (χ1) is 10.2. The van der Waals surface area contributed by atoms with Crippen LogP contribution in [0.1, 0.15) is 18.2 Å². The third-order valence-electron chi connectivity index (χ3n) is 3.04. The number of rotatable bonds is 8. The number of thiophene rings is 1. The Bertz CT molecular complexity index is 559. The van der Waals surface area contributed by atoms with E-state index in [9.17, 15) is 0 Å². The summed E-state index contributed by atoms with van der Waals surface area (Å²) in [6.07, 6.45) is 2.19. The van der Waals surface area contributed by atoms with E-state index in [1.54, 1.807) is 11.3 Å². The molecule has 0 aliphatic carbocycles. The number of hydrogen-bond donors (Lipinski definition) is 1. The van der Waals surface area contributed by atoms with Crippen LogP contribution >= 0.6 is 50.6 Å². The lowest BCUT2D eigenvalue weighted by molar-refractivity contribution is 0.553. The highest BCUT2D eigenvalue weighted by Crippen LogP contribution is 2.29. The lowest BCUT2D eigenvalue weighted by Crippen LogP contribution is -2.33. The smallest absolute Gasteiger partial charge is 0.0931 e. The molecule has 0 aliphatic rings. The molecule has 0 fully saturated rings. The second kappa shape index (κ2) is 9.21. The predicted molar refractivity (Wildman–Crippen MR) is 100.0 cm³/mol. The van der Waals surface area contributed by atoms with E-state index in [4.69, 9.17) is 11.6 Å². The van der Waals surface area contributed by atoms with Crippen LogP contribution in [0.25, 0.3) is 0 Å². The molecule has 1 aromatic heterocycles. The number of halogens is 2. The van der Waals surface area contributed by atoms with Crippen molar-refractivity contribution < 1.29 is 0 Å². The summed E-state index contributed by atoms with van der Waals surface area (Å²) in [5.41, 5.74) is 0. The number of benzene rings is 1. The molecule has 0 bridgehead atoms. The highest BCUT2D eigenvalue weighted by atomic mass is 79.9. The van der Waals surface area contributed by atoms with Crippen LogP contribution in [0.4, 0.5) is 0 Å². The lowest BCUT2D eigenvalue weighted by Gasteiger charge is -2.18. The zero-order valence-electron chi connectivity index (χ0n) is 11.9. The van der Waals surface area contributed by atoms with Gasteiger partial charge < -0.3 is 5.32 Å². The van der Waals surface area contributed by atoms with Crippen LogP contribution < -0.4 is 5.32 Å². The second-order valence-corrected chi connectivity index (χ2v) is 8.52. The largest absolute Gasteiger partial charge is 0.313 e. The minimum Gasteiger partial charge on any atom is -0.313 e. The maximum atomic E-state index is 6.03. The summed E-state index contributed by atoms with van der Waals surface area (Å²) < 4.78 is 2.04. The molecular weight excluding hydrogens is 386 g/mol. The Kier molecular flexibility index (Phi) is 7.61. The van der Waals surface area contributed by atoms with Gasteiger partial charge >= 0.3 is 0 Å². The van der Waals surface area contributed by atoms with Crippen molar-refractivity contribution in [2.24, 2.45) is 0 Å². The van der Waals surface area contributed by atoms with Crippen LogP contribution in [0.5, 0.6) is 0 Å². The van der Waals surface area contributed by atoms with Gasteiger partial charge in [0.25, 0.3) is 0 Å². The molecule has 1 N–H and O–H groups in total. The quantitative estimate of drug-likeness (QED) is 0.552. The van der Waals surface area contributed by atoms with E-state index in [1.807, 2.05) is 17.8 Å². The number of thioether (sulfide) groups is 1. The molecule has 0 amide bonds. The average Bonchev–Trinajstić information content (AvgIpc) is 2.88. The van der Waals surface area contributed by atoms with Crippen molar-refractivity contribution in [3.63, 3.8) is 0 Å². The molecule has 21 heavy (non-hydrogen) atoms. The van der Waals surface area contributed by atoms with Gasteiger partial charge in [0.1, 0.15) is 0 Å². The SMILES string of the molecule is CCCNC(CSc1ccccc1Br)Cc1ccc(Cl)s1.